The summed E-state index contributed by atoms with van der Waals surface area (Å²) >= 11 is 2.94. The molecule has 4 aromatic rings. The minimum atomic E-state index is -0.483. The molecule has 2 aromatic heterocycles. The van der Waals surface area contributed by atoms with E-state index in [2.05, 4.69) is 35.6 Å². The number of esters is 2. The van der Waals surface area contributed by atoms with Crippen molar-refractivity contribution < 1.29 is 28.9 Å². The maximum Gasteiger partial charge on any atom is 0.326 e. The summed E-state index contributed by atoms with van der Waals surface area (Å²) in [4.78, 5) is 53.4. The molecule has 0 aliphatic heterocycles. The fourth-order valence-corrected chi connectivity index (χ4v) is 3.58. The van der Waals surface area contributed by atoms with E-state index in [1.165, 1.54) is 12.1 Å². The number of aromatic amines is 1. The van der Waals surface area contributed by atoms with Crippen LogP contribution in [0.15, 0.2) is 36.4 Å². The zero-order valence-corrected chi connectivity index (χ0v) is 23.3. The second-order valence-corrected chi connectivity index (χ2v) is 8.20. The lowest BCUT2D eigenvalue weighted by molar-refractivity contribution is -0.383. The number of para-hydroxylation sites is 2. The van der Waals surface area contributed by atoms with Crippen LogP contribution in [0.3, 0.4) is 0 Å². The highest BCUT2D eigenvalue weighted by Crippen LogP contribution is 2.25. The molecule has 0 aliphatic rings. The number of carbonyl (C=O) groups excluding carboxylic acids is 2. The number of nitro groups is 2. The Kier molecular flexibility index (Phi) is 11.5. The number of nitrogens with one attached hydrogen (secondary N) is 1. The Balaban J connectivity index is 0.000000230. The molecule has 0 saturated heterocycles. The van der Waals surface area contributed by atoms with Crippen LogP contribution in [0, 0.1) is 34.1 Å². The summed E-state index contributed by atoms with van der Waals surface area (Å²) in [6, 6.07) is 9.51. The van der Waals surface area contributed by atoms with E-state index in [0.29, 0.717) is 46.7 Å². The predicted octanol–water partition coefficient (Wildman–Crippen LogP) is 4.54. The summed E-state index contributed by atoms with van der Waals surface area (Å²) in [6.07, 6.45) is 0. The van der Waals surface area contributed by atoms with Gasteiger partial charge in [-0.1, -0.05) is 28.1 Å². The monoisotopic (exact) mass is 606 g/mol. The zero-order valence-electron chi connectivity index (χ0n) is 21.7. The number of alkyl halides is 1. The molecular weight excluding hydrogens is 580 g/mol. The van der Waals surface area contributed by atoms with Gasteiger partial charge in [0.25, 0.3) is 11.4 Å². The first kappa shape index (κ1) is 30.8. The molecule has 0 atom stereocenters. The number of nitrogens with zero attached hydrogens (tertiary/aromatic N) is 5. The van der Waals surface area contributed by atoms with Gasteiger partial charge < -0.3 is 19.0 Å². The highest BCUT2D eigenvalue weighted by Gasteiger charge is 2.19. The van der Waals surface area contributed by atoms with Crippen LogP contribution in [0.2, 0.25) is 0 Å². The molecule has 14 nitrogen and oxygen atoms in total. The standard InChI is InChI=1S/C12H13N3O4.C8H7N3O2.C4H7BrO2/c1-3-19-11(16)7-14-8(2)13-12-9(14)5-4-6-10(12)15(17)18;1-5-9-6-3-2-4-7(11(12)13)8(6)10-5;1-2-7-4(6)3-5/h4-6H,3,7H2,1-2H3;2-4H,1H3,(H,9,10);2-3H2,1H3. The van der Waals surface area contributed by atoms with E-state index >= 15 is 0 Å². The number of nitro benzene ring substituents is 2. The van der Waals surface area contributed by atoms with Gasteiger partial charge in [-0.05, 0) is 39.8 Å². The topological polar surface area (TPSA) is 185 Å². The average molecular weight is 607 g/mol. The van der Waals surface area contributed by atoms with Crippen LogP contribution in [-0.4, -0.2) is 59.8 Å². The predicted molar refractivity (Wildman–Crippen MR) is 146 cm³/mol. The van der Waals surface area contributed by atoms with Gasteiger partial charge in [-0.15, -0.1) is 0 Å². The highest BCUT2D eigenvalue weighted by molar-refractivity contribution is 9.09. The quantitative estimate of drug-likeness (QED) is 0.135. The van der Waals surface area contributed by atoms with Gasteiger partial charge in [0.05, 0.1) is 34.1 Å². The van der Waals surface area contributed by atoms with E-state index in [4.69, 9.17) is 4.74 Å². The SMILES string of the molecule is CCOC(=O)CBr.CCOC(=O)Cn1c(C)nc2c([N+](=O)[O-])cccc21.Cc1nc2c([N+](=O)[O-])cccc2[nH]1. The van der Waals surface area contributed by atoms with Crippen molar-refractivity contribution in [1.29, 1.82) is 0 Å². The minimum Gasteiger partial charge on any atom is -0.465 e. The van der Waals surface area contributed by atoms with Gasteiger partial charge in [-0.25, -0.2) is 9.97 Å². The number of ether oxygens (including phenoxy) is 2. The van der Waals surface area contributed by atoms with Crippen LogP contribution in [0.5, 0.6) is 0 Å². The summed E-state index contributed by atoms with van der Waals surface area (Å²) in [5.41, 5.74) is 1.94. The van der Waals surface area contributed by atoms with Crippen LogP contribution in [0.1, 0.15) is 25.5 Å². The number of fused-ring (bicyclic) bond motifs is 2. The largest absolute Gasteiger partial charge is 0.465 e. The Bertz CT molecular complexity index is 1480. The van der Waals surface area contributed by atoms with E-state index in [0.717, 1.165) is 0 Å². The number of hydrogen-bond acceptors (Lipinski definition) is 10. The van der Waals surface area contributed by atoms with Crippen molar-refractivity contribution in [2.24, 2.45) is 0 Å². The summed E-state index contributed by atoms with van der Waals surface area (Å²) in [6.45, 7) is 7.72. The molecule has 15 heteroatoms. The number of aromatic nitrogens is 4. The second-order valence-electron chi connectivity index (χ2n) is 7.64. The van der Waals surface area contributed by atoms with Crippen LogP contribution in [0.4, 0.5) is 11.4 Å². The molecule has 1 N–H and O–H groups in total. The first-order chi connectivity index (χ1) is 18.5. The molecule has 208 valence electrons. The van der Waals surface area contributed by atoms with E-state index in [1.54, 1.807) is 56.5 Å². The van der Waals surface area contributed by atoms with E-state index < -0.39 is 15.8 Å². The van der Waals surface area contributed by atoms with E-state index in [-0.39, 0.29) is 29.4 Å². The number of non-ortho nitro benzene ring substituents is 2. The number of hydrogen-bond donors (Lipinski definition) is 1. The maximum absolute atomic E-state index is 11.5. The Labute approximate surface area is 230 Å². The van der Waals surface area contributed by atoms with Crippen molar-refractivity contribution in [3.63, 3.8) is 0 Å². The summed E-state index contributed by atoms with van der Waals surface area (Å²) < 4.78 is 11.0. The molecule has 0 fully saturated rings. The summed E-state index contributed by atoms with van der Waals surface area (Å²) in [5, 5.41) is 21.8. The zero-order chi connectivity index (χ0) is 29.1. The Hall–Kier alpha value is -4.40. The number of aryl methyl sites for hydroxylation is 2. The third-order valence-corrected chi connectivity index (χ3v) is 5.42. The van der Waals surface area contributed by atoms with Gasteiger partial charge in [0, 0.05) is 12.1 Å². The number of carbonyl (C=O) groups is 2. The normalized spacial score (nSPS) is 10.2. The van der Waals surface area contributed by atoms with Gasteiger partial charge in [0.15, 0.2) is 11.0 Å². The van der Waals surface area contributed by atoms with Gasteiger partial charge in [0.1, 0.15) is 23.5 Å². The fraction of sp³-hybridized carbons (Fsp3) is 0.333. The summed E-state index contributed by atoms with van der Waals surface area (Å²) in [7, 11) is 0. The lowest BCUT2D eigenvalue weighted by Crippen LogP contribution is -2.14. The van der Waals surface area contributed by atoms with Gasteiger partial charge in [0.2, 0.25) is 0 Å². The first-order valence-corrected chi connectivity index (χ1v) is 12.7. The maximum atomic E-state index is 11.5. The number of benzene rings is 2. The summed E-state index contributed by atoms with van der Waals surface area (Å²) in [5.74, 6) is 0.626. The van der Waals surface area contributed by atoms with Gasteiger partial charge >= 0.3 is 11.9 Å². The molecule has 0 unspecified atom stereocenters. The van der Waals surface area contributed by atoms with Crippen molar-refractivity contribution in [3.8, 4) is 0 Å². The van der Waals surface area contributed by atoms with Crippen molar-refractivity contribution in [2.45, 2.75) is 34.2 Å². The Morgan fingerprint density at radius 2 is 1.49 bits per heavy atom. The number of halogens is 1. The second kappa shape index (κ2) is 14.5. The van der Waals surface area contributed by atoms with Gasteiger partial charge in [-0.3, -0.25) is 29.8 Å². The van der Waals surface area contributed by atoms with E-state index in [1.807, 2.05) is 0 Å². The first-order valence-electron chi connectivity index (χ1n) is 11.6. The van der Waals surface area contributed by atoms with Crippen LogP contribution in [-0.2, 0) is 25.6 Å². The highest BCUT2D eigenvalue weighted by atomic mass is 79.9. The Morgan fingerprint density at radius 1 is 0.923 bits per heavy atom. The number of rotatable bonds is 7. The van der Waals surface area contributed by atoms with Crippen LogP contribution < -0.4 is 0 Å². The molecule has 0 radical (unpaired) electrons. The molecular formula is C24H27BrN6O8. The van der Waals surface area contributed by atoms with Crippen molar-refractivity contribution >= 4 is 61.3 Å². The van der Waals surface area contributed by atoms with E-state index in [9.17, 15) is 29.8 Å². The molecule has 0 spiro atoms. The molecule has 4 rings (SSSR count). The van der Waals surface area contributed by atoms with Crippen LogP contribution >= 0.6 is 15.9 Å². The lowest BCUT2D eigenvalue weighted by atomic mass is 10.2. The van der Waals surface area contributed by atoms with Crippen molar-refractivity contribution in [1.82, 2.24) is 19.5 Å². The third-order valence-electron chi connectivity index (χ3n) is 4.96. The number of H-pyrrole nitrogens is 1. The number of imidazole rings is 2. The lowest BCUT2D eigenvalue weighted by Gasteiger charge is -2.05. The smallest absolute Gasteiger partial charge is 0.326 e. The fourth-order valence-electron chi connectivity index (χ4n) is 3.42. The third kappa shape index (κ3) is 8.29. The molecule has 0 bridgehead atoms. The molecule has 2 aromatic carbocycles. The minimum absolute atomic E-state index is 0.00264. The van der Waals surface area contributed by atoms with Crippen molar-refractivity contribution in [3.05, 3.63) is 68.3 Å². The Morgan fingerprint density at radius 3 is 2.03 bits per heavy atom. The van der Waals surface area contributed by atoms with Crippen LogP contribution in [0.25, 0.3) is 22.1 Å². The van der Waals surface area contributed by atoms with Gasteiger partial charge in [-0.2, -0.15) is 0 Å². The molecule has 2 heterocycles. The molecule has 0 aliphatic carbocycles. The average Bonchev–Trinajstić information content (AvgIpc) is 3.43. The van der Waals surface area contributed by atoms with Crippen molar-refractivity contribution in [2.75, 3.05) is 18.5 Å². The molecule has 0 amide bonds. The molecule has 39 heavy (non-hydrogen) atoms. The molecule has 0 saturated carbocycles.